The van der Waals surface area contributed by atoms with Gasteiger partial charge in [0.15, 0.2) is 6.04 Å². The second kappa shape index (κ2) is 13.8. The Labute approximate surface area is 164 Å². The van der Waals surface area contributed by atoms with Gasteiger partial charge in [-0.2, -0.15) is 13.2 Å². The molecule has 1 unspecified atom stereocenters. The zero-order valence-electron chi connectivity index (χ0n) is 15.3. The molecule has 1 atom stereocenters. The summed E-state index contributed by atoms with van der Waals surface area (Å²) in [6, 6.07) is 9.58. The van der Waals surface area contributed by atoms with Crippen LogP contribution < -0.4 is 16.2 Å². The summed E-state index contributed by atoms with van der Waals surface area (Å²) in [4.78, 5) is 31.8. The number of aliphatic carboxylic acids is 1. The van der Waals surface area contributed by atoms with Gasteiger partial charge >= 0.3 is 12.1 Å². The maximum atomic E-state index is 11.6. The van der Waals surface area contributed by atoms with E-state index in [0.717, 1.165) is 6.42 Å². The van der Waals surface area contributed by atoms with Gasteiger partial charge in [0.2, 0.25) is 5.91 Å². The van der Waals surface area contributed by atoms with E-state index in [1.807, 2.05) is 30.3 Å². The van der Waals surface area contributed by atoms with E-state index in [1.165, 1.54) is 17.3 Å². The normalized spacial score (nSPS) is 11.6. The number of thioether (sulfide) groups is 1. The van der Waals surface area contributed by atoms with E-state index in [-0.39, 0.29) is 11.9 Å². The lowest BCUT2D eigenvalue weighted by Crippen LogP contribution is -2.66. The highest BCUT2D eigenvalue weighted by Crippen LogP contribution is 2.11. The molecule has 0 heterocycles. The third-order valence-corrected chi connectivity index (χ3v) is 4.09. The maximum Gasteiger partial charge on any atom is 0.430 e. The molecule has 28 heavy (non-hydrogen) atoms. The van der Waals surface area contributed by atoms with Gasteiger partial charge in [0.1, 0.15) is 5.97 Å². The Kier molecular flexibility index (Phi) is 12.7. The lowest BCUT2D eigenvalue weighted by Gasteiger charge is -2.08. The zero-order chi connectivity index (χ0) is 21.6. The Morgan fingerprint density at radius 3 is 2.32 bits per heavy atom. The van der Waals surface area contributed by atoms with Crippen molar-refractivity contribution in [2.75, 3.05) is 24.7 Å². The largest absolute Gasteiger partial charge is 0.542 e. The predicted octanol–water partition coefficient (Wildman–Crippen LogP) is -0.449. The molecule has 0 bridgehead atoms. The van der Waals surface area contributed by atoms with Gasteiger partial charge < -0.3 is 25.7 Å². The minimum Gasteiger partial charge on any atom is -0.542 e. The number of rotatable bonds is 9. The molecule has 0 fully saturated rings. The van der Waals surface area contributed by atoms with Crippen molar-refractivity contribution >= 4 is 29.6 Å². The Morgan fingerprint density at radius 2 is 1.82 bits per heavy atom. The topological polar surface area (TPSA) is 123 Å². The molecule has 1 amide bonds. The monoisotopic (exact) mass is 424 g/mol. The number of amides is 1. The minimum atomic E-state index is -5.19. The SMILES string of the molecule is CCOC(=O)C([NH3+])CSCC(=O)NCCc1ccccc1.O=C([O-])C(F)(F)F. The van der Waals surface area contributed by atoms with Gasteiger partial charge in [0.25, 0.3) is 0 Å². The maximum absolute atomic E-state index is 11.6. The van der Waals surface area contributed by atoms with Gasteiger partial charge in [-0.05, 0) is 18.9 Å². The van der Waals surface area contributed by atoms with Crippen LogP contribution in [0.25, 0.3) is 0 Å². The Morgan fingerprint density at radius 1 is 1.25 bits per heavy atom. The molecule has 0 aliphatic heterocycles. The number of hydrogen-bond donors (Lipinski definition) is 2. The summed E-state index contributed by atoms with van der Waals surface area (Å²) < 4.78 is 36.4. The summed E-state index contributed by atoms with van der Waals surface area (Å²) in [5, 5.41) is 11.6. The average Bonchev–Trinajstić information content (AvgIpc) is 2.62. The van der Waals surface area contributed by atoms with Gasteiger partial charge in [-0.15, -0.1) is 11.8 Å². The number of carboxylic acids is 1. The highest BCUT2D eigenvalue weighted by molar-refractivity contribution is 8.00. The summed E-state index contributed by atoms with van der Waals surface area (Å²) >= 11 is 1.39. The average molecular weight is 424 g/mol. The molecule has 4 N–H and O–H groups in total. The van der Waals surface area contributed by atoms with Crippen LogP contribution >= 0.6 is 11.8 Å². The number of esters is 1. The first kappa shape index (κ1) is 25.7. The van der Waals surface area contributed by atoms with E-state index in [0.29, 0.717) is 24.7 Å². The number of ether oxygens (including phenoxy) is 1. The van der Waals surface area contributed by atoms with Crippen molar-refractivity contribution < 1.29 is 43.1 Å². The van der Waals surface area contributed by atoms with Crippen molar-refractivity contribution in [3.8, 4) is 0 Å². The summed E-state index contributed by atoms with van der Waals surface area (Å²) in [6.45, 7) is 2.74. The second-order valence-electron chi connectivity index (χ2n) is 5.33. The van der Waals surface area contributed by atoms with E-state index in [1.54, 1.807) is 6.92 Å². The van der Waals surface area contributed by atoms with Crippen LogP contribution in [0, 0.1) is 0 Å². The highest BCUT2D eigenvalue weighted by atomic mass is 32.2. The van der Waals surface area contributed by atoms with Crippen molar-refractivity contribution in [1.82, 2.24) is 5.32 Å². The molecule has 0 spiro atoms. The predicted molar refractivity (Wildman–Crippen MR) is 94.9 cm³/mol. The van der Waals surface area contributed by atoms with Crippen molar-refractivity contribution in [1.29, 1.82) is 0 Å². The van der Waals surface area contributed by atoms with Crippen LogP contribution in [0.1, 0.15) is 12.5 Å². The van der Waals surface area contributed by atoms with Crippen molar-refractivity contribution in [3.05, 3.63) is 35.9 Å². The van der Waals surface area contributed by atoms with Crippen LogP contribution in [-0.4, -0.2) is 54.7 Å². The number of carboxylic acid groups (broad SMARTS) is 1. The number of nitrogens with one attached hydrogen (secondary N) is 1. The fraction of sp³-hybridized carbons (Fsp3) is 0.471. The summed E-state index contributed by atoms with van der Waals surface area (Å²) in [6.07, 6.45) is -4.38. The van der Waals surface area contributed by atoms with Gasteiger partial charge in [0.05, 0.1) is 18.1 Å². The van der Waals surface area contributed by atoms with Crippen LogP contribution in [0.15, 0.2) is 30.3 Å². The Bertz CT molecular complexity index is 615. The molecule has 0 saturated heterocycles. The van der Waals surface area contributed by atoms with E-state index in [4.69, 9.17) is 14.6 Å². The molecule has 158 valence electrons. The van der Waals surface area contributed by atoms with Gasteiger partial charge in [-0.25, -0.2) is 4.79 Å². The summed E-state index contributed by atoms with van der Waals surface area (Å²) in [5.41, 5.74) is 4.93. The molecule has 11 heteroatoms. The third-order valence-electron chi connectivity index (χ3n) is 2.98. The van der Waals surface area contributed by atoms with E-state index >= 15 is 0 Å². The summed E-state index contributed by atoms with van der Waals surface area (Å²) in [7, 11) is 0. The smallest absolute Gasteiger partial charge is 0.430 e. The van der Waals surface area contributed by atoms with Gasteiger partial charge in [-0.1, -0.05) is 30.3 Å². The van der Waals surface area contributed by atoms with Crippen LogP contribution in [0.2, 0.25) is 0 Å². The second-order valence-corrected chi connectivity index (χ2v) is 6.37. The first-order valence-electron chi connectivity index (χ1n) is 8.24. The molecule has 0 aliphatic rings. The lowest BCUT2D eigenvalue weighted by molar-refractivity contribution is -0.401. The van der Waals surface area contributed by atoms with E-state index in [2.05, 4.69) is 11.1 Å². The van der Waals surface area contributed by atoms with Crippen molar-refractivity contribution in [2.24, 2.45) is 0 Å². The molecule has 1 aromatic rings. The first-order chi connectivity index (χ1) is 13.1. The Balaban J connectivity index is 0.000000887. The molecule has 7 nitrogen and oxygen atoms in total. The van der Waals surface area contributed by atoms with E-state index in [9.17, 15) is 22.8 Å². The van der Waals surface area contributed by atoms with Crippen LogP contribution in [-0.2, 0) is 25.5 Å². The number of alkyl halides is 3. The molecule has 0 radical (unpaired) electrons. The molecule has 1 aromatic carbocycles. The fourth-order valence-electron chi connectivity index (χ4n) is 1.66. The molecule has 0 saturated carbocycles. The molecule has 1 rings (SSSR count). The number of hydrogen-bond acceptors (Lipinski definition) is 6. The van der Waals surface area contributed by atoms with Crippen molar-refractivity contribution in [2.45, 2.75) is 25.6 Å². The van der Waals surface area contributed by atoms with Gasteiger partial charge in [-0.3, -0.25) is 4.79 Å². The molecule has 0 aromatic heterocycles. The van der Waals surface area contributed by atoms with Crippen molar-refractivity contribution in [3.63, 3.8) is 0 Å². The molecule has 0 aliphatic carbocycles. The number of halogens is 3. The zero-order valence-corrected chi connectivity index (χ0v) is 16.1. The minimum absolute atomic E-state index is 0.0213. The van der Waals surface area contributed by atoms with Crippen LogP contribution in [0.5, 0.6) is 0 Å². The highest BCUT2D eigenvalue weighted by Gasteiger charge is 2.28. The fourth-order valence-corrected chi connectivity index (χ4v) is 2.49. The standard InChI is InChI=1S/C15H22N2O3S.C2HF3O2/c1-2-20-15(19)13(16)10-21-11-14(18)17-9-8-12-6-4-3-5-7-12;3-2(4,5)1(6)7/h3-7,13H,2,8-11,16H2,1H3,(H,17,18);(H,6,7). The third kappa shape index (κ3) is 13.0. The van der Waals surface area contributed by atoms with Gasteiger partial charge in [0, 0.05) is 6.54 Å². The number of benzene rings is 1. The summed E-state index contributed by atoms with van der Waals surface area (Å²) in [5.74, 6) is -2.51. The van der Waals surface area contributed by atoms with Crippen LogP contribution in [0.3, 0.4) is 0 Å². The van der Waals surface area contributed by atoms with Crippen LogP contribution in [0.4, 0.5) is 13.2 Å². The first-order valence-corrected chi connectivity index (χ1v) is 9.39. The Hall–Kier alpha value is -2.27. The van der Waals surface area contributed by atoms with E-state index < -0.39 is 18.2 Å². The molecular formula is C17H23F3N2O5S. The number of carbonyl (C=O) groups excluding carboxylic acids is 3. The number of carbonyl (C=O) groups is 3. The lowest BCUT2D eigenvalue weighted by atomic mass is 10.1. The molecular weight excluding hydrogens is 401 g/mol. The quantitative estimate of drug-likeness (QED) is 0.518. The number of quaternary nitrogens is 1.